The predicted molar refractivity (Wildman–Crippen MR) is 62.0 cm³/mol. The van der Waals surface area contributed by atoms with Crippen LogP contribution in [0.3, 0.4) is 0 Å². The molecule has 0 spiro atoms. The first-order chi connectivity index (χ1) is 8.36. The summed E-state index contributed by atoms with van der Waals surface area (Å²) in [7, 11) is 0. The number of benzene rings is 1. The minimum Gasteiger partial charge on any atom is -0.418 e. The van der Waals surface area contributed by atoms with E-state index in [0.717, 1.165) is 5.56 Å². The van der Waals surface area contributed by atoms with Crippen molar-refractivity contribution in [3.8, 4) is 17.5 Å². The number of nitrogens with zero attached hydrogens (tertiary/aromatic N) is 3. The van der Waals surface area contributed by atoms with Crippen molar-refractivity contribution in [2.45, 2.75) is 0 Å². The van der Waals surface area contributed by atoms with Gasteiger partial charge in [-0.3, -0.25) is 0 Å². The standard InChI is InChI=1S/C13H7N3O/c14-8-9-3-1-4-10(7-9)12-16-11-5-2-6-15-13(11)17-12/h1-7H. The average Bonchev–Trinajstić information content (AvgIpc) is 2.82. The summed E-state index contributed by atoms with van der Waals surface area (Å²) in [4.78, 5) is 8.40. The zero-order valence-corrected chi connectivity index (χ0v) is 8.79. The second kappa shape index (κ2) is 3.72. The SMILES string of the molecule is N#Cc1cccc(-c2nc3cccnc3o2)c1. The molecule has 4 heteroatoms. The predicted octanol–water partition coefficient (Wildman–Crippen LogP) is 2.76. The molecule has 0 amide bonds. The number of nitriles is 1. The van der Waals surface area contributed by atoms with Crippen LogP contribution < -0.4 is 0 Å². The molecule has 0 aliphatic rings. The first-order valence-corrected chi connectivity index (χ1v) is 5.09. The molecule has 0 radical (unpaired) electrons. The third-order valence-electron chi connectivity index (χ3n) is 2.41. The lowest BCUT2D eigenvalue weighted by atomic mass is 10.1. The number of fused-ring (bicyclic) bond motifs is 1. The summed E-state index contributed by atoms with van der Waals surface area (Å²) in [6, 6.07) is 12.9. The van der Waals surface area contributed by atoms with Crippen molar-refractivity contribution in [3.63, 3.8) is 0 Å². The van der Waals surface area contributed by atoms with Gasteiger partial charge in [-0.05, 0) is 30.3 Å². The Labute approximate surface area is 97.2 Å². The smallest absolute Gasteiger partial charge is 0.247 e. The van der Waals surface area contributed by atoms with Crippen LogP contribution in [-0.4, -0.2) is 9.97 Å². The van der Waals surface area contributed by atoms with E-state index in [9.17, 15) is 0 Å². The molecule has 0 bridgehead atoms. The van der Waals surface area contributed by atoms with Crippen molar-refractivity contribution in [3.05, 3.63) is 48.2 Å². The van der Waals surface area contributed by atoms with Crippen LogP contribution >= 0.6 is 0 Å². The molecule has 0 aliphatic heterocycles. The highest BCUT2D eigenvalue weighted by atomic mass is 16.4. The Hall–Kier alpha value is -2.67. The minimum absolute atomic E-state index is 0.482. The van der Waals surface area contributed by atoms with Crippen molar-refractivity contribution in [1.29, 1.82) is 5.26 Å². The monoisotopic (exact) mass is 221 g/mol. The molecule has 0 aliphatic carbocycles. The second-order valence-electron chi connectivity index (χ2n) is 3.54. The zero-order chi connectivity index (χ0) is 11.7. The van der Waals surface area contributed by atoms with Gasteiger partial charge in [0.1, 0.15) is 5.52 Å². The first kappa shape index (κ1) is 9.55. The van der Waals surface area contributed by atoms with Crippen molar-refractivity contribution in [2.75, 3.05) is 0 Å². The van der Waals surface area contributed by atoms with Gasteiger partial charge >= 0.3 is 0 Å². The Morgan fingerprint density at radius 2 is 2.12 bits per heavy atom. The van der Waals surface area contributed by atoms with Crippen molar-refractivity contribution in [2.24, 2.45) is 0 Å². The molecule has 17 heavy (non-hydrogen) atoms. The summed E-state index contributed by atoms with van der Waals surface area (Å²) >= 11 is 0. The summed E-state index contributed by atoms with van der Waals surface area (Å²) in [6.45, 7) is 0. The van der Waals surface area contributed by atoms with Crippen LogP contribution in [0.15, 0.2) is 47.0 Å². The molecule has 0 unspecified atom stereocenters. The summed E-state index contributed by atoms with van der Waals surface area (Å²) in [5.41, 5.74) is 2.58. The topological polar surface area (TPSA) is 62.7 Å². The summed E-state index contributed by atoms with van der Waals surface area (Å²) in [5, 5.41) is 8.84. The van der Waals surface area contributed by atoms with Crippen molar-refractivity contribution < 1.29 is 4.42 Å². The number of oxazole rings is 1. The molecule has 3 rings (SSSR count). The molecule has 80 valence electrons. The summed E-state index contributed by atoms with van der Waals surface area (Å²) in [5.74, 6) is 0.482. The van der Waals surface area contributed by atoms with Gasteiger partial charge in [0.05, 0.1) is 11.6 Å². The highest BCUT2D eigenvalue weighted by Gasteiger charge is 2.08. The Morgan fingerprint density at radius 3 is 2.94 bits per heavy atom. The lowest BCUT2D eigenvalue weighted by molar-refractivity contribution is 0.608. The number of hydrogen-bond acceptors (Lipinski definition) is 4. The van der Waals surface area contributed by atoms with Gasteiger partial charge in [0.25, 0.3) is 0 Å². The molecule has 0 fully saturated rings. The summed E-state index contributed by atoms with van der Waals surface area (Å²) in [6.07, 6.45) is 1.66. The van der Waals surface area contributed by atoms with Gasteiger partial charge < -0.3 is 4.42 Å². The molecule has 0 atom stereocenters. The van der Waals surface area contributed by atoms with Crippen LogP contribution in [0.5, 0.6) is 0 Å². The van der Waals surface area contributed by atoms with E-state index in [1.807, 2.05) is 12.1 Å². The van der Waals surface area contributed by atoms with Crippen molar-refractivity contribution >= 4 is 11.2 Å². The van der Waals surface area contributed by atoms with Crippen LogP contribution in [0.4, 0.5) is 0 Å². The minimum atomic E-state index is 0.482. The number of pyridine rings is 1. The molecule has 4 nitrogen and oxygen atoms in total. The van der Waals surface area contributed by atoms with E-state index >= 15 is 0 Å². The highest BCUT2D eigenvalue weighted by molar-refractivity contribution is 5.72. The van der Waals surface area contributed by atoms with Crippen LogP contribution in [0.2, 0.25) is 0 Å². The largest absolute Gasteiger partial charge is 0.418 e. The van der Waals surface area contributed by atoms with E-state index in [1.54, 1.807) is 30.5 Å². The van der Waals surface area contributed by atoms with E-state index in [0.29, 0.717) is 22.7 Å². The van der Waals surface area contributed by atoms with Gasteiger partial charge in [0.2, 0.25) is 11.6 Å². The normalized spacial score (nSPS) is 10.3. The van der Waals surface area contributed by atoms with Gasteiger partial charge in [-0.25, -0.2) is 9.97 Å². The fourth-order valence-electron chi connectivity index (χ4n) is 1.62. The molecule has 0 saturated carbocycles. The fourth-order valence-corrected chi connectivity index (χ4v) is 1.62. The molecular weight excluding hydrogens is 214 g/mol. The van der Waals surface area contributed by atoms with Gasteiger partial charge in [0.15, 0.2) is 0 Å². The van der Waals surface area contributed by atoms with Gasteiger partial charge in [-0.2, -0.15) is 5.26 Å². The van der Waals surface area contributed by atoms with E-state index in [-0.39, 0.29) is 0 Å². The van der Waals surface area contributed by atoms with E-state index < -0.39 is 0 Å². The van der Waals surface area contributed by atoms with Gasteiger partial charge in [-0.15, -0.1) is 0 Å². The van der Waals surface area contributed by atoms with Crippen LogP contribution in [-0.2, 0) is 0 Å². The molecule has 0 saturated heterocycles. The van der Waals surface area contributed by atoms with E-state index in [2.05, 4.69) is 16.0 Å². The Kier molecular flexibility index (Phi) is 2.09. The molecule has 1 aromatic carbocycles. The first-order valence-electron chi connectivity index (χ1n) is 5.09. The van der Waals surface area contributed by atoms with Crippen LogP contribution in [0, 0.1) is 11.3 Å². The Bertz CT molecular complexity index is 692. The number of rotatable bonds is 1. The van der Waals surface area contributed by atoms with Gasteiger partial charge in [0, 0.05) is 11.8 Å². The quantitative estimate of drug-likeness (QED) is 0.633. The van der Waals surface area contributed by atoms with E-state index in [1.165, 1.54) is 0 Å². The number of hydrogen-bond donors (Lipinski definition) is 0. The van der Waals surface area contributed by atoms with Crippen molar-refractivity contribution in [1.82, 2.24) is 9.97 Å². The third-order valence-corrected chi connectivity index (χ3v) is 2.41. The molecule has 0 N–H and O–H groups in total. The lowest BCUT2D eigenvalue weighted by Gasteiger charge is -1.94. The van der Waals surface area contributed by atoms with Crippen LogP contribution in [0.25, 0.3) is 22.7 Å². The molecule has 2 aromatic heterocycles. The average molecular weight is 221 g/mol. The maximum atomic E-state index is 8.84. The molecular formula is C13H7N3O. The fraction of sp³-hybridized carbons (Fsp3) is 0. The second-order valence-corrected chi connectivity index (χ2v) is 3.54. The zero-order valence-electron chi connectivity index (χ0n) is 8.79. The molecule has 2 heterocycles. The Balaban J connectivity index is 2.17. The van der Waals surface area contributed by atoms with E-state index in [4.69, 9.17) is 9.68 Å². The Morgan fingerprint density at radius 1 is 1.18 bits per heavy atom. The van der Waals surface area contributed by atoms with Gasteiger partial charge in [-0.1, -0.05) is 6.07 Å². The summed E-state index contributed by atoms with van der Waals surface area (Å²) < 4.78 is 5.52. The third kappa shape index (κ3) is 1.64. The maximum absolute atomic E-state index is 8.84. The molecule has 3 aromatic rings. The maximum Gasteiger partial charge on any atom is 0.247 e. The highest BCUT2D eigenvalue weighted by Crippen LogP contribution is 2.23. The number of aromatic nitrogens is 2. The van der Waals surface area contributed by atoms with Crippen LogP contribution in [0.1, 0.15) is 5.56 Å². The lowest BCUT2D eigenvalue weighted by Crippen LogP contribution is -1.79.